The fourth-order valence-electron chi connectivity index (χ4n) is 0.865. The van der Waals surface area contributed by atoms with E-state index >= 15 is 0 Å². The predicted molar refractivity (Wildman–Crippen MR) is 34.3 cm³/mol. The first-order chi connectivity index (χ1) is 4.66. The van der Waals surface area contributed by atoms with Gasteiger partial charge in [0, 0.05) is 0 Å². The Hall–Kier alpha value is 0.190. The number of thioether (sulfide) groups is 1. The van der Waals surface area contributed by atoms with Crippen molar-refractivity contribution in [1.29, 1.82) is 0 Å². The van der Waals surface area contributed by atoms with Gasteiger partial charge < -0.3 is 20.4 Å². The van der Waals surface area contributed by atoms with E-state index in [1.165, 1.54) is 0 Å². The highest BCUT2D eigenvalue weighted by molar-refractivity contribution is 8.00. The quantitative estimate of drug-likeness (QED) is 0.400. The summed E-state index contributed by atoms with van der Waals surface area (Å²) in [6.45, 7) is -0.262. The summed E-state index contributed by atoms with van der Waals surface area (Å²) in [5, 5.41) is 36.6. The Labute approximate surface area is 62.5 Å². The molecule has 4 atom stereocenters. The molecule has 0 aromatic rings. The highest BCUT2D eigenvalue weighted by Crippen LogP contribution is 2.30. The number of hydrogen-bond acceptors (Lipinski definition) is 5. The minimum atomic E-state index is -1.23. The molecular formula is C5H9O4S-. The lowest BCUT2D eigenvalue weighted by atomic mass is 10.1. The van der Waals surface area contributed by atoms with Crippen molar-refractivity contribution in [3.8, 4) is 0 Å². The summed E-state index contributed by atoms with van der Waals surface area (Å²) in [4.78, 5) is 0. The Kier molecular flexibility index (Phi) is 2.54. The number of hydrogen-bond donors (Lipinski definition) is 3. The molecule has 0 aliphatic carbocycles. The zero-order chi connectivity index (χ0) is 7.72. The SMILES string of the molecule is [O-]C1SC(CO)C(O)C1O. The van der Waals surface area contributed by atoms with E-state index in [-0.39, 0.29) is 6.61 Å². The molecule has 1 rings (SSSR count). The van der Waals surface area contributed by atoms with Crippen LogP contribution in [0.5, 0.6) is 0 Å². The maximum absolute atomic E-state index is 10.7. The van der Waals surface area contributed by atoms with Gasteiger partial charge in [-0.05, 0) is 5.44 Å². The summed E-state index contributed by atoms with van der Waals surface area (Å²) < 4.78 is 0. The monoisotopic (exact) mass is 165 g/mol. The van der Waals surface area contributed by atoms with E-state index in [1.54, 1.807) is 0 Å². The second-order valence-corrected chi connectivity index (χ2v) is 3.55. The molecule has 1 aliphatic heterocycles. The molecule has 0 spiro atoms. The van der Waals surface area contributed by atoms with Gasteiger partial charge in [-0.1, -0.05) is 0 Å². The van der Waals surface area contributed by atoms with Crippen molar-refractivity contribution in [2.75, 3.05) is 6.61 Å². The van der Waals surface area contributed by atoms with Gasteiger partial charge in [-0.25, -0.2) is 0 Å². The first-order valence-electron chi connectivity index (χ1n) is 2.95. The van der Waals surface area contributed by atoms with E-state index in [0.717, 1.165) is 11.8 Å². The molecule has 0 aromatic heterocycles. The van der Waals surface area contributed by atoms with Crippen LogP contribution in [-0.4, -0.2) is 44.8 Å². The summed E-state index contributed by atoms with van der Waals surface area (Å²) in [6.07, 6.45) is -2.31. The van der Waals surface area contributed by atoms with Crippen LogP contribution >= 0.6 is 11.8 Å². The lowest BCUT2D eigenvalue weighted by Gasteiger charge is -2.18. The zero-order valence-corrected chi connectivity index (χ0v) is 5.99. The molecule has 3 N–H and O–H groups in total. The molecule has 5 heteroatoms. The number of aliphatic hydroxyl groups is 3. The van der Waals surface area contributed by atoms with Gasteiger partial charge in [0.15, 0.2) is 0 Å². The van der Waals surface area contributed by atoms with Gasteiger partial charge in [-0.15, -0.1) is 0 Å². The van der Waals surface area contributed by atoms with Gasteiger partial charge in [0.25, 0.3) is 0 Å². The summed E-state index contributed by atoms with van der Waals surface area (Å²) >= 11 is 0.876. The molecule has 1 aliphatic rings. The Morgan fingerprint density at radius 1 is 1.30 bits per heavy atom. The Morgan fingerprint density at radius 2 is 1.90 bits per heavy atom. The first-order valence-corrected chi connectivity index (χ1v) is 3.89. The normalized spacial score (nSPS) is 48.0. The average Bonchev–Trinajstić information content (AvgIpc) is 2.17. The van der Waals surface area contributed by atoms with Crippen molar-refractivity contribution in [2.45, 2.75) is 22.9 Å². The van der Waals surface area contributed by atoms with Crippen LogP contribution in [0.25, 0.3) is 0 Å². The molecule has 60 valence electrons. The van der Waals surface area contributed by atoms with E-state index in [0.29, 0.717) is 0 Å². The first kappa shape index (κ1) is 8.29. The van der Waals surface area contributed by atoms with Crippen LogP contribution in [0.3, 0.4) is 0 Å². The lowest BCUT2D eigenvalue weighted by Crippen LogP contribution is -2.38. The zero-order valence-electron chi connectivity index (χ0n) is 5.17. The molecule has 0 saturated carbocycles. The van der Waals surface area contributed by atoms with Gasteiger partial charge in [0.2, 0.25) is 0 Å². The standard InChI is InChI=1S/C5H9O4S/c6-1-2-3(7)4(8)5(9)10-2/h2-8H,1H2/q-1. The molecule has 4 unspecified atom stereocenters. The molecule has 0 bridgehead atoms. The van der Waals surface area contributed by atoms with Crippen LogP contribution < -0.4 is 5.11 Å². The van der Waals surface area contributed by atoms with Crippen molar-refractivity contribution in [3.63, 3.8) is 0 Å². The van der Waals surface area contributed by atoms with Crippen molar-refractivity contribution in [2.24, 2.45) is 0 Å². The molecule has 1 saturated heterocycles. The maximum atomic E-state index is 10.7. The van der Waals surface area contributed by atoms with Crippen molar-refractivity contribution < 1.29 is 20.4 Å². The highest BCUT2D eigenvalue weighted by atomic mass is 32.2. The average molecular weight is 165 g/mol. The summed E-state index contributed by atoms with van der Waals surface area (Å²) in [5.74, 6) is 0. The summed E-state index contributed by atoms with van der Waals surface area (Å²) in [7, 11) is 0. The molecule has 1 fully saturated rings. The topological polar surface area (TPSA) is 83.8 Å². The van der Waals surface area contributed by atoms with E-state index in [4.69, 9.17) is 15.3 Å². The van der Waals surface area contributed by atoms with Crippen LogP contribution in [0.4, 0.5) is 0 Å². The third kappa shape index (κ3) is 1.28. The van der Waals surface area contributed by atoms with Crippen molar-refractivity contribution in [3.05, 3.63) is 0 Å². The number of aliphatic hydroxyl groups excluding tert-OH is 3. The van der Waals surface area contributed by atoms with E-state index < -0.39 is 22.9 Å². The maximum Gasteiger partial charge on any atom is 0.0936 e. The van der Waals surface area contributed by atoms with Crippen LogP contribution in [0, 0.1) is 0 Å². The van der Waals surface area contributed by atoms with Gasteiger partial charge in [0.1, 0.15) is 0 Å². The Balaban J connectivity index is 2.53. The van der Waals surface area contributed by atoms with Gasteiger partial charge >= 0.3 is 0 Å². The number of rotatable bonds is 1. The smallest absolute Gasteiger partial charge is 0.0936 e. The Morgan fingerprint density at radius 3 is 2.10 bits per heavy atom. The second kappa shape index (κ2) is 3.06. The molecule has 1 heterocycles. The molecule has 0 radical (unpaired) electrons. The molecule has 4 nitrogen and oxygen atoms in total. The van der Waals surface area contributed by atoms with Crippen LogP contribution in [0.2, 0.25) is 0 Å². The minimum Gasteiger partial charge on any atom is -0.842 e. The van der Waals surface area contributed by atoms with Gasteiger partial charge in [-0.3, -0.25) is 0 Å². The summed E-state index contributed by atoms with van der Waals surface area (Å²) in [6, 6.07) is 0. The van der Waals surface area contributed by atoms with Gasteiger partial charge in [0.05, 0.1) is 24.1 Å². The summed E-state index contributed by atoms with van der Waals surface area (Å²) in [5.41, 5.74) is -1.22. The van der Waals surface area contributed by atoms with Gasteiger partial charge in [-0.2, -0.15) is 11.8 Å². The van der Waals surface area contributed by atoms with Crippen molar-refractivity contribution >= 4 is 11.8 Å². The fourth-order valence-corrected chi connectivity index (χ4v) is 1.94. The Bertz CT molecular complexity index is 120. The minimum absolute atomic E-state index is 0.262. The highest BCUT2D eigenvalue weighted by Gasteiger charge is 2.35. The van der Waals surface area contributed by atoms with Crippen LogP contribution in [0.15, 0.2) is 0 Å². The van der Waals surface area contributed by atoms with E-state index in [1.807, 2.05) is 0 Å². The van der Waals surface area contributed by atoms with E-state index in [9.17, 15) is 5.11 Å². The van der Waals surface area contributed by atoms with Crippen LogP contribution in [-0.2, 0) is 0 Å². The van der Waals surface area contributed by atoms with E-state index in [2.05, 4.69) is 0 Å². The molecule has 10 heavy (non-hydrogen) atoms. The molecule has 0 aromatic carbocycles. The predicted octanol–water partition coefficient (Wildman–Crippen LogP) is -2.50. The molecular weight excluding hydrogens is 156 g/mol. The largest absolute Gasteiger partial charge is 0.842 e. The third-order valence-corrected chi connectivity index (χ3v) is 2.82. The fraction of sp³-hybridized carbons (Fsp3) is 1.00. The lowest BCUT2D eigenvalue weighted by molar-refractivity contribution is -0.404. The molecule has 0 amide bonds. The second-order valence-electron chi connectivity index (χ2n) is 2.21. The third-order valence-electron chi connectivity index (χ3n) is 1.50. The van der Waals surface area contributed by atoms with Crippen LogP contribution in [0.1, 0.15) is 0 Å². The van der Waals surface area contributed by atoms with Crippen molar-refractivity contribution in [1.82, 2.24) is 0 Å².